The minimum atomic E-state index is -0.434. The number of rotatable bonds is 8. The van der Waals surface area contributed by atoms with Gasteiger partial charge in [-0.1, -0.05) is 13.8 Å². The molecule has 4 nitrogen and oxygen atoms in total. The highest BCUT2D eigenvalue weighted by Gasteiger charge is 2.33. The summed E-state index contributed by atoms with van der Waals surface area (Å²) in [6.07, 6.45) is 4.55. The van der Waals surface area contributed by atoms with Crippen LogP contribution in [0, 0.1) is 11.8 Å². The Morgan fingerprint density at radius 2 is 1.81 bits per heavy atom. The monoisotopic (exact) mass is 298 g/mol. The molecule has 0 aromatic heterocycles. The van der Waals surface area contributed by atoms with Gasteiger partial charge in [0, 0.05) is 18.6 Å². The van der Waals surface area contributed by atoms with Gasteiger partial charge in [-0.3, -0.25) is 0 Å². The van der Waals surface area contributed by atoms with E-state index in [-0.39, 0.29) is 12.1 Å². The quantitative estimate of drug-likeness (QED) is 0.718. The van der Waals surface area contributed by atoms with Gasteiger partial charge in [0.1, 0.15) is 5.60 Å². The first-order valence-electron chi connectivity index (χ1n) is 8.40. The van der Waals surface area contributed by atoms with E-state index in [4.69, 9.17) is 4.74 Å². The van der Waals surface area contributed by atoms with E-state index >= 15 is 0 Å². The summed E-state index contributed by atoms with van der Waals surface area (Å²) >= 11 is 0. The Morgan fingerprint density at radius 3 is 2.29 bits per heavy atom. The van der Waals surface area contributed by atoms with Gasteiger partial charge in [-0.25, -0.2) is 4.79 Å². The topological polar surface area (TPSA) is 50.4 Å². The van der Waals surface area contributed by atoms with Crippen LogP contribution in [0.2, 0.25) is 0 Å². The maximum Gasteiger partial charge on any atom is 0.407 e. The Kier molecular flexibility index (Phi) is 6.98. The fourth-order valence-corrected chi connectivity index (χ4v) is 2.31. The first-order valence-corrected chi connectivity index (χ1v) is 8.40. The Morgan fingerprint density at radius 1 is 1.19 bits per heavy atom. The smallest absolute Gasteiger partial charge is 0.407 e. The van der Waals surface area contributed by atoms with Crippen LogP contribution in [0.3, 0.4) is 0 Å². The van der Waals surface area contributed by atoms with Crippen LogP contribution in [0.25, 0.3) is 0 Å². The summed E-state index contributed by atoms with van der Waals surface area (Å²) in [7, 11) is 0. The molecular weight excluding hydrogens is 264 g/mol. The zero-order valence-corrected chi connectivity index (χ0v) is 14.7. The van der Waals surface area contributed by atoms with Crippen molar-refractivity contribution >= 4 is 6.09 Å². The largest absolute Gasteiger partial charge is 0.444 e. The molecule has 1 saturated carbocycles. The molecule has 4 heteroatoms. The predicted octanol–water partition coefficient (Wildman–Crippen LogP) is 3.70. The van der Waals surface area contributed by atoms with Gasteiger partial charge in [0.25, 0.3) is 0 Å². The molecular formula is C17H34N2O2. The molecule has 1 aliphatic rings. The Balaban J connectivity index is 2.32. The second kappa shape index (κ2) is 8.02. The molecule has 0 spiro atoms. The highest BCUT2D eigenvalue weighted by molar-refractivity contribution is 5.68. The van der Waals surface area contributed by atoms with Gasteiger partial charge in [0.2, 0.25) is 0 Å². The van der Waals surface area contributed by atoms with Crippen molar-refractivity contribution in [2.24, 2.45) is 11.8 Å². The molecule has 2 atom stereocenters. The van der Waals surface area contributed by atoms with Crippen LogP contribution in [0.1, 0.15) is 67.2 Å². The number of amides is 1. The van der Waals surface area contributed by atoms with Gasteiger partial charge in [0.15, 0.2) is 0 Å². The van der Waals surface area contributed by atoms with E-state index in [9.17, 15) is 4.79 Å². The van der Waals surface area contributed by atoms with E-state index in [1.165, 1.54) is 25.7 Å². The molecule has 0 aliphatic heterocycles. The molecule has 21 heavy (non-hydrogen) atoms. The molecule has 2 N–H and O–H groups in total. The van der Waals surface area contributed by atoms with Crippen LogP contribution in [0.5, 0.6) is 0 Å². The average Bonchev–Trinajstić information content (AvgIpc) is 3.13. The van der Waals surface area contributed by atoms with Crippen molar-refractivity contribution in [1.29, 1.82) is 0 Å². The summed E-state index contributed by atoms with van der Waals surface area (Å²) in [4.78, 5) is 11.9. The van der Waals surface area contributed by atoms with E-state index in [0.29, 0.717) is 12.0 Å². The summed E-state index contributed by atoms with van der Waals surface area (Å²) in [6.45, 7) is 13.2. The molecule has 1 rings (SSSR count). The summed E-state index contributed by atoms with van der Waals surface area (Å²) in [5, 5.41) is 6.59. The maximum atomic E-state index is 11.9. The lowest BCUT2D eigenvalue weighted by Crippen LogP contribution is -2.47. The zero-order valence-electron chi connectivity index (χ0n) is 14.7. The number of hydrogen-bond acceptors (Lipinski definition) is 3. The van der Waals surface area contributed by atoms with Gasteiger partial charge >= 0.3 is 6.09 Å². The van der Waals surface area contributed by atoms with Gasteiger partial charge < -0.3 is 15.4 Å². The maximum absolute atomic E-state index is 11.9. The fraction of sp³-hybridized carbons (Fsp3) is 0.941. The van der Waals surface area contributed by atoms with Crippen molar-refractivity contribution < 1.29 is 9.53 Å². The lowest BCUT2D eigenvalue weighted by atomic mass is 10.0. The molecule has 0 aromatic rings. The van der Waals surface area contributed by atoms with Crippen LogP contribution in [-0.4, -0.2) is 30.3 Å². The number of alkyl carbamates (subject to hydrolysis) is 1. The molecule has 0 heterocycles. The molecule has 1 aliphatic carbocycles. The Bertz CT molecular complexity index is 319. The van der Waals surface area contributed by atoms with Crippen LogP contribution < -0.4 is 10.6 Å². The molecule has 1 fully saturated rings. The molecule has 0 bridgehead atoms. The fourth-order valence-electron chi connectivity index (χ4n) is 2.31. The third-order valence-electron chi connectivity index (χ3n) is 3.76. The van der Waals surface area contributed by atoms with E-state index in [0.717, 1.165) is 12.5 Å². The van der Waals surface area contributed by atoms with Gasteiger partial charge in [-0.15, -0.1) is 0 Å². The lowest BCUT2D eigenvalue weighted by Gasteiger charge is -2.25. The summed E-state index contributed by atoms with van der Waals surface area (Å²) < 4.78 is 5.35. The van der Waals surface area contributed by atoms with Gasteiger partial charge in [0.05, 0.1) is 0 Å². The van der Waals surface area contributed by atoms with Crippen LogP contribution in [-0.2, 0) is 4.74 Å². The van der Waals surface area contributed by atoms with E-state index in [1.54, 1.807) is 0 Å². The predicted molar refractivity (Wildman–Crippen MR) is 87.4 cm³/mol. The number of carbonyl (C=O) groups is 1. The summed E-state index contributed by atoms with van der Waals surface area (Å²) in [5.74, 6) is 1.36. The van der Waals surface area contributed by atoms with Crippen molar-refractivity contribution in [2.75, 3.05) is 6.54 Å². The average molecular weight is 298 g/mol. The lowest BCUT2D eigenvalue weighted by molar-refractivity contribution is 0.0496. The Hall–Kier alpha value is -0.770. The van der Waals surface area contributed by atoms with E-state index in [1.807, 2.05) is 20.8 Å². The second-order valence-electron chi connectivity index (χ2n) is 7.87. The second-order valence-corrected chi connectivity index (χ2v) is 7.87. The molecule has 0 radical (unpaired) electrons. The number of carbonyl (C=O) groups excluding carboxylic acids is 1. The standard InChI is InChI=1S/C17H34N2O2/c1-12(2)7-8-13(3)18-11-15(14-9-10-14)19-16(20)21-17(4,5)6/h12-15,18H,7-11H2,1-6H3,(H,19,20). The molecule has 0 saturated heterocycles. The normalized spacial score (nSPS) is 18.4. The van der Waals surface area contributed by atoms with Gasteiger partial charge in [-0.2, -0.15) is 0 Å². The first-order chi connectivity index (χ1) is 9.67. The molecule has 1 amide bonds. The van der Waals surface area contributed by atoms with Crippen molar-refractivity contribution in [3.63, 3.8) is 0 Å². The zero-order chi connectivity index (χ0) is 16.0. The van der Waals surface area contributed by atoms with Gasteiger partial charge in [-0.05, 0) is 65.2 Å². The number of nitrogens with one attached hydrogen (secondary N) is 2. The molecule has 124 valence electrons. The van der Waals surface area contributed by atoms with E-state index < -0.39 is 5.60 Å². The molecule has 0 aromatic carbocycles. The van der Waals surface area contributed by atoms with Crippen LogP contribution in [0.15, 0.2) is 0 Å². The highest BCUT2D eigenvalue weighted by atomic mass is 16.6. The highest BCUT2D eigenvalue weighted by Crippen LogP contribution is 2.32. The van der Waals surface area contributed by atoms with E-state index in [2.05, 4.69) is 31.4 Å². The number of hydrogen-bond donors (Lipinski definition) is 2. The minimum Gasteiger partial charge on any atom is -0.444 e. The van der Waals surface area contributed by atoms with Crippen molar-refractivity contribution in [3.05, 3.63) is 0 Å². The summed E-state index contributed by atoms with van der Waals surface area (Å²) in [6, 6.07) is 0.690. The first kappa shape index (κ1) is 18.3. The summed E-state index contributed by atoms with van der Waals surface area (Å²) in [5.41, 5.74) is -0.434. The third kappa shape index (κ3) is 8.97. The van der Waals surface area contributed by atoms with Crippen LogP contribution >= 0.6 is 0 Å². The third-order valence-corrected chi connectivity index (χ3v) is 3.76. The van der Waals surface area contributed by atoms with Crippen molar-refractivity contribution in [3.8, 4) is 0 Å². The SMILES string of the molecule is CC(C)CCC(C)NCC(NC(=O)OC(C)(C)C)C1CC1. The molecule has 2 unspecified atom stereocenters. The Labute approximate surface area is 130 Å². The van der Waals surface area contributed by atoms with Crippen molar-refractivity contribution in [2.45, 2.75) is 84.9 Å². The minimum absolute atomic E-state index is 0.196. The van der Waals surface area contributed by atoms with Crippen LogP contribution in [0.4, 0.5) is 4.79 Å². The number of ether oxygens (including phenoxy) is 1. The van der Waals surface area contributed by atoms with Crippen molar-refractivity contribution in [1.82, 2.24) is 10.6 Å².